The van der Waals surface area contributed by atoms with Gasteiger partial charge >= 0.3 is 0 Å². The lowest BCUT2D eigenvalue weighted by atomic mass is 9.87. The smallest absolute Gasteiger partial charge is 0.251 e. The number of Topliss-reactive ketones (excluding diaryl/α,β-unsaturated/α-hetero) is 1. The molecule has 1 aliphatic carbocycles. The molecule has 3 rings (SSSR count). The summed E-state index contributed by atoms with van der Waals surface area (Å²) in [4.78, 5) is 23.9. The van der Waals surface area contributed by atoms with Crippen molar-refractivity contribution < 1.29 is 18.0 Å². The lowest BCUT2D eigenvalue weighted by Gasteiger charge is -2.26. The van der Waals surface area contributed by atoms with Crippen LogP contribution in [0.15, 0.2) is 53.4 Å². The van der Waals surface area contributed by atoms with Crippen molar-refractivity contribution in [3.05, 3.63) is 65.2 Å². The van der Waals surface area contributed by atoms with Gasteiger partial charge < -0.3 is 5.32 Å². The highest BCUT2D eigenvalue weighted by Gasteiger charge is 2.20. The van der Waals surface area contributed by atoms with Crippen LogP contribution < -0.4 is 10.0 Å². The first-order valence-electron chi connectivity index (χ1n) is 10.2. The lowest BCUT2D eigenvalue weighted by Crippen LogP contribution is -2.37. The predicted molar refractivity (Wildman–Crippen MR) is 116 cm³/mol. The van der Waals surface area contributed by atoms with Crippen LogP contribution in [0.3, 0.4) is 0 Å². The summed E-state index contributed by atoms with van der Waals surface area (Å²) >= 11 is 0. The summed E-state index contributed by atoms with van der Waals surface area (Å²) in [6, 6.07) is 13.0. The molecule has 2 aromatic rings. The molecule has 2 aromatic carbocycles. The van der Waals surface area contributed by atoms with Gasteiger partial charge in [-0.2, -0.15) is 0 Å². The molecule has 7 heteroatoms. The third-order valence-corrected chi connectivity index (χ3v) is 7.02. The molecule has 6 nitrogen and oxygen atoms in total. The van der Waals surface area contributed by atoms with Gasteiger partial charge in [0.1, 0.15) is 0 Å². The maximum atomic E-state index is 12.4. The van der Waals surface area contributed by atoms with Gasteiger partial charge in [-0.05, 0) is 68.4 Å². The number of hydrogen-bond donors (Lipinski definition) is 2. The van der Waals surface area contributed by atoms with E-state index in [0.717, 1.165) is 37.2 Å². The van der Waals surface area contributed by atoms with Crippen LogP contribution in [0.5, 0.6) is 0 Å². The van der Waals surface area contributed by atoms with Crippen LogP contribution in [0.1, 0.15) is 65.8 Å². The number of rotatable bonds is 7. The Bertz CT molecular complexity index is 991. The van der Waals surface area contributed by atoms with Gasteiger partial charge in [-0.3, -0.25) is 9.59 Å². The molecule has 160 valence electrons. The largest absolute Gasteiger partial charge is 0.349 e. The second-order valence-corrected chi connectivity index (χ2v) is 9.80. The molecule has 0 spiro atoms. The molecule has 0 saturated heterocycles. The fourth-order valence-electron chi connectivity index (χ4n) is 3.58. The van der Waals surface area contributed by atoms with Gasteiger partial charge in [0.25, 0.3) is 5.91 Å². The molecule has 1 aliphatic rings. The topological polar surface area (TPSA) is 92.3 Å². The van der Waals surface area contributed by atoms with E-state index in [1.54, 1.807) is 24.3 Å². The number of sulfonamides is 1. The van der Waals surface area contributed by atoms with Crippen LogP contribution in [-0.4, -0.2) is 26.2 Å². The molecule has 0 aromatic heterocycles. The maximum absolute atomic E-state index is 12.4. The van der Waals surface area contributed by atoms with E-state index in [1.165, 1.54) is 31.2 Å². The van der Waals surface area contributed by atoms with E-state index < -0.39 is 10.0 Å². The Morgan fingerprint density at radius 2 is 1.47 bits per heavy atom. The van der Waals surface area contributed by atoms with Crippen LogP contribution in [0.4, 0.5) is 0 Å². The van der Waals surface area contributed by atoms with Crippen LogP contribution in [0.2, 0.25) is 0 Å². The Kier molecular flexibility index (Phi) is 7.05. The summed E-state index contributed by atoms with van der Waals surface area (Å²) in [6.45, 7) is 3.78. The Morgan fingerprint density at radius 1 is 0.900 bits per heavy atom. The molecular weight excluding hydrogens is 400 g/mol. The molecule has 0 radical (unpaired) electrons. The molecule has 2 N–H and O–H groups in total. The Balaban J connectivity index is 1.56. The molecule has 1 saturated carbocycles. The number of carbonyl (C=O) groups excluding carboxylic acids is 2. The highest BCUT2D eigenvalue weighted by atomic mass is 32.2. The van der Waals surface area contributed by atoms with Crippen LogP contribution >= 0.6 is 0 Å². The van der Waals surface area contributed by atoms with Crippen LogP contribution in [0, 0.1) is 5.92 Å². The zero-order chi connectivity index (χ0) is 21.7. The van der Waals surface area contributed by atoms with Crippen molar-refractivity contribution in [2.45, 2.75) is 57.0 Å². The molecule has 0 bridgehead atoms. The van der Waals surface area contributed by atoms with Gasteiger partial charge in [-0.25, -0.2) is 13.1 Å². The van der Waals surface area contributed by atoms with E-state index >= 15 is 0 Å². The first-order valence-corrected chi connectivity index (χ1v) is 11.7. The van der Waals surface area contributed by atoms with E-state index in [4.69, 9.17) is 0 Å². The predicted octanol–water partition coefficient (Wildman–Crippen LogP) is 3.68. The molecule has 30 heavy (non-hydrogen) atoms. The highest BCUT2D eigenvalue weighted by Crippen LogP contribution is 2.23. The van der Waals surface area contributed by atoms with Gasteiger partial charge in [0.05, 0.1) is 4.90 Å². The second-order valence-electron chi connectivity index (χ2n) is 8.03. The van der Waals surface area contributed by atoms with E-state index in [2.05, 4.69) is 17.0 Å². The van der Waals surface area contributed by atoms with Crippen molar-refractivity contribution in [2.24, 2.45) is 5.92 Å². The third-order valence-electron chi connectivity index (χ3n) is 5.60. The van der Waals surface area contributed by atoms with Gasteiger partial charge in [0, 0.05) is 23.7 Å². The number of carbonyl (C=O) groups is 2. The Labute approximate surface area is 178 Å². The maximum Gasteiger partial charge on any atom is 0.251 e. The minimum Gasteiger partial charge on any atom is -0.349 e. The average Bonchev–Trinajstić information content (AvgIpc) is 2.74. The molecule has 1 amide bonds. The van der Waals surface area contributed by atoms with Gasteiger partial charge in [-0.15, -0.1) is 0 Å². The minimum absolute atomic E-state index is 0.0905. The quantitative estimate of drug-likeness (QED) is 0.658. The zero-order valence-corrected chi connectivity index (χ0v) is 18.2. The first kappa shape index (κ1) is 22.2. The van der Waals surface area contributed by atoms with E-state index in [9.17, 15) is 18.0 Å². The fraction of sp³-hybridized carbons (Fsp3) is 0.391. The van der Waals surface area contributed by atoms with Gasteiger partial charge in [0.15, 0.2) is 5.78 Å². The number of amides is 1. The van der Waals surface area contributed by atoms with Crippen molar-refractivity contribution in [3.63, 3.8) is 0 Å². The lowest BCUT2D eigenvalue weighted by molar-refractivity contribution is 0.0922. The van der Waals surface area contributed by atoms with Crippen LogP contribution in [0.25, 0.3) is 0 Å². The van der Waals surface area contributed by atoms with Crippen molar-refractivity contribution in [1.82, 2.24) is 10.0 Å². The van der Waals surface area contributed by atoms with E-state index in [0.29, 0.717) is 11.1 Å². The number of benzene rings is 2. The zero-order valence-electron chi connectivity index (χ0n) is 17.4. The normalized spacial score (nSPS) is 19.3. The summed E-state index contributed by atoms with van der Waals surface area (Å²) in [5.74, 6) is 0.523. The summed E-state index contributed by atoms with van der Waals surface area (Å²) in [7, 11) is -3.69. The SMILES string of the molecule is CC(=O)c1ccc(S(=O)(=O)NCc2ccc(C(=O)NC3CCC(C)CC3)cc2)cc1. The monoisotopic (exact) mass is 428 g/mol. The molecule has 0 atom stereocenters. The van der Waals surface area contributed by atoms with Crippen LogP contribution in [-0.2, 0) is 16.6 Å². The highest BCUT2D eigenvalue weighted by molar-refractivity contribution is 7.89. The van der Waals surface area contributed by atoms with E-state index in [1.807, 2.05) is 0 Å². The molecular formula is C23H28N2O4S. The number of ketones is 1. The van der Waals surface area contributed by atoms with Crippen molar-refractivity contribution in [1.29, 1.82) is 0 Å². The minimum atomic E-state index is -3.69. The number of nitrogens with one attached hydrogen (secondary N) is 2. The summed E-state index contributed by atoms with van der Waals surface area (Å²) < 4.78 is 27.4. The van der Waals surface area contributed by atoms with E-state index in [-0.39, 0.29) is 29.2 Å². The first-order chi connectivity index (χ1) is 14.2. The molecule has 0 aliphatic heterocycles. The van der Waals surface area contributed by atoms with Crippen molar-refractivity contribution in [3.8, 4) is 0 Å². The Morgan fingerprint density at radius 3 is 2.03 bits per heavy atom. The number of hydrogen-bond acceptors (Lipinski definition) is 4. The third kappa shape index (κ3) is 5.77. The fourth-order valence-corrected chi connectivity index (χ4v) is 4.60. The standard InChI is InChI=1S/C23H28N2O4S/c1-16-3-11-21(12-4-16)25-23(27)20-7-5-18(6-8-20)15-24-30(28,29)22-13-9-19(10-14-22)17(2)26/h5-10,13-14,16,21,24H,3-4,11-12,15H2,1-2H3,(H,25,27). The van der Waals surface area contributed by atoms with Crippen molar-refractivity contribution >= 4 is 21.7 Å². The second kappa shape index (κ2) is 9.53. The molecule has 0 unspecified atom stereocenters. The summed E-state index contributed by atoms with van der Waals surface area (Å²) in [5.41, 5.74) is 1.78. The van der Waals surface area contributed by atoms with Crippen molar-refractivity contribution in [2.75, 3.05) is 0 Å². The summed E-state index contributed by atoms with van der Waals surface area (Å²) in [5, 5.41) is 3.09. The average molecular weight is 429 g/mol. The molecule has 1 fully saturated rings. The molecule has 0 heterocycles. The van der Waals surface area contributed by atoms with Gasteiger partial charge in [0.2, 0.25) is 10.0 Å². The summed E-state index contributed by atoms with van der Waals surface area (Å²) in [6.07, 6.45) is 4.31. The van der Waals surface area contributed by atoms with Gasteiger partial charge in [-0.1, -0.05) is 31.2 Å². The Hall–Kier alpha value is -2.51.